The zero-order valence-corrected chi connectivity index (χ0v) is 22.0. The number of esters is 1. The lowest BCUT2D eigenvalue weighted by atomic mass is 9.98. The third kappa shape index (κ3) is 7.01. The van der Waals surface area contributed by atoms with Crippen molar-refractivity contribution >= 4 is 23.9 Å². The van der Waals surface area contributed by atoms with Crippen LogP contribution < -0.4 is 16.2 Å². The second-order valence-electron chi connectivity index (χ2n) is 10.2. The van der Waals surface area contributed by atoms with Gasteiger partial charge in [0, 0.05) is 12.3 Å². The van der Waals surface area contributed by atoms with E-state index in [0.717, 1.165) is 27.8 Å². The van der Waals surface area contributed by atoms with Crippen LogP contribution in [-0.4, -0.2) is 42.1 Å². The zero-order chi connectivity index (χ0) is 28.0. The van der Waals surface area contributed by atoms with Crippen LogP contribution in [0.4, 0.5) is 4.79 Å². The van der Waals surface area contributed by atoms with Crippen LogP contribution in [0.15, 0.2) is 78.9 Å². The van der Waals surface area contributed by atoms with Gasteiger partial charge in [-0.1, -0.05) is 78.9 Å². The van der Waals surface area contributed by atoms with Gasteiger partial charge >= 0.3 is 18.0 Å². The molecule has 3 aromatic rings. The van der Waals surface area contributed by atoms with Crippen LogP contribution in [0.3, 0.4) is 0 Å². The van der Waals surface area contributed by atoms with Gasteiger partial charge in [0.1, 0.15) is 18.2 Å². The normalized spacial score (nSPS) is 12.9. The van der Waals surface area contributed by atoms with E-state index in [-0.39, 0.29) is 18.9 Å². The number of hydrazine groups is 1. The second-order valence-corrected chi connectivity index (χ2v) is 10.2. The number of rotatable bonds is 6. The van der Waals surface area contributed by atoms with Crippen molar-refractivity contribution in [2.75, 3.05) is 6.61 Å². The van der Waals surface area contributed by atoms with Crippen LogP contribution in [0.1, 0.15) is 43.4 Å². The van der Waals surface area contributed by atoms with Gasteiger partial charge in [0.25, 0.3) is 5.91 Å². The van der Waals surface area contributed by atoms with Gasteiger partial charge in [-0.3, -0.25) is 15.0 Å². The highest BCUT2D eigenvalue weighted by atomic mass is 16.6. The molecule has 3 N–H and O–H groups in total. The van der Waals surface area contributed by atoms with Gasteiger partial charge in [0.05, 0.1) is 0 Å². The fraction of sp³-hybridized carbons (Fsp3) is 0.267. The van der Waals surface area contributed by atoms with Crippen LogP contribution >= 0.6 is 0 Å². The van der Waals surface area contributed by atoms with Gasteiger partial charge in [0.15, 0.2) is 0 Å². The van der Waals surface area contributed by atoms with E-state index < -0.39 is 35.5 Å². The third-order valence-electron chi connectivity index (χ3n) is 6.12. The van der Waals surface area contributed by atoms with Gasteiger partial charge in [-0.25, -0.2) is 15.0 Å². The molecule has 9 nitrogen and oxygen atoms in total. The first-order valence-electron chi connectivity index (χ1n) is 12.6. The van der Waals surface area contributed by atoms with Crippen molar-refractivity contribution in [2.24, 2.45) is 0 Å². The van der Waals surface area contributed by atoms with E-state index in [9.17, 15) is 19.2 Å². The molecule has 0 saturated heterocycles. The maximum atomic E-state index is 12.9. The SMILES string of the molecule is CC(C)(C)OC(=O)C(=O)N[C@@H](Cc1ccccc1)C(=O)NNC(=O)OCC1c2ccccc2-c2ccccc21. The average Bonchev–Trinajstić information content (AvgIpc) is 3.23. The molecule has 0 spiro atoms. The Morgan fingerprint density at radius 1 is 0.795 bits per heavy atom. The van der Waals surface area contributed by atoms with E-state index in [4.69, 9.17) is 9.47 Å². The van der Waals surface area contributed by atoms with Crippen molar-refractivity contribution in [3.05, 3.63) is 95.6 Å². The summed E-state index contributed by atoms with van der Waals surface area (Å²) in [5.41, 5.74) is 8.68. The smallest absolute Gasteiger partial charge is 0.426 e. The summed E-state index contributed by atoms with van der Waals surface area (Å²) >= 11 is 0. The van der Waals surface area contributed by atoms with E-state index in [1.54, 1.807) is 45.0 Å². The Hall–Kier alpha value is -4.66. The second kappa shape index (κ2) is 11.8. The molecule has 39 heavy (non-hydrogen) atoms. The number of ether oxygens (including phenoxy) is 2. The highest BCUT2D eigenvalue weighted by molar-refractivity contribution is 6.33. The first-order chi connectivity index (χ1) is 18.6. The van der Waals surface area contributed by atoms with E-state index >= 15 is 0 Å². The maximum absolute atomic E-state index is 12.9. The fourth-order valence-electron chi connectivity index (χ4n) is 4.43. The van der Waals surface area contributed by atoms with E-state index in [1.165, 1.54) is 0 Å². The summed E-state index contributed by atoms with van der Waals surface area (Å²) in [6.07, 6.45) is -0.782. The Labute approximate surface area is 226 Å². The van der Waals surface area contributed by atoms with Crippen molar-refractivity contribution in [2.45, 2.75) is 44.8 Å². The van der Waals surface area contributed by atoms with Crippen LogP contribution in [0.2, 0.25) is 0 Å². The molecule has 0 aliphatic heterocycles. The molecule has 0 fully saturated rings. The lowest BCUT2D eigenvalue weighted by Gasteiger charge is -2.21. The number of hydrogen-bond acceptors (Lipinski definition) is 6. The third-order valence-corrected chi connectivity index (χ3v) is 6.12. The van der Waals surface area contributed by atoms with Gasteiger partial charge in [-0.2, -0.15) is 0 Å². The molecule has 1 atom stereocenters. The standard InChI is InChI=1S/C30H31N3O6/c1-30(2,3)39-28(36)27(35)31-25(17-19-11-5-4-6-12-19)26(34)32-33-29(37)38-18-24-22-15-9-7-13-20(22)21-14-8-10-16-23(21)24/h4-16,24-25H,17-18H2,1-3H3,(H,31,35)(H,32,34)(H,33,37)/t25-/m0/s1. The molecule has 1 aliphatic carbocycles. The average molecular weight is 530 g/mol. The summed E-state index contributed by atoms with van der Waals surface area (Å²) in [6, 6.07) is 23.7. The lowest BCUT2D eigenvalue weighted by molar-refractivity contribution is -0.163. The Morgan fingerprint density at radius 3 is 1.95 bits per heavy atom. The first kappa shape index (κ1) is 27.4. The summed E-state index contributed by atoms with van der Waals surface area (Å²) in [4.78, 5) is 50.0. The van der Waals surface area contributed by atoms with Crippen molar-refractivity contribution in [1.82, 2.24) is 16.2 Å². The Bertz CT molecular complexity index is 1320. The molecule has 0 heterocycles. The largest absolute Gasteiger partial charge is 0.453 e. The highest BCUT2D eigenvalue weighted by Gasteiger charge is 2.30. The molecule has 0 radical (unpaired) electrons. The topological polar surface area (TPSA) is 123 Å². The minimum atomic E-state index is -1.17. The van der Waals surface area contributed by atoms with Gasteiger partial charge < -0.3 is 14.8 Å². The van der Waals surface area contributed by atoms with Crippen LogP contribution in [0, 0.1) is 0 Å². The molecule has 0 unspecified atom stereocenters. The summed E-state index contributed by atoms with van der Waals surface area (Å²) in [5.74, 6) is -3.05. The van der Waals surface area contributed by atoms with Crippen LogP contribution in [0.25, 0.3) is 11.1 Å². The summed E-state index contributed by atoms with van der Waals surface area (Å²) in [6.45, 7) is 4.96. The minimum Gasteiger partial charge on any atom is -0.453 e. The molecule has 1 aliphatic rings. The number of nitrogens with one attached hydrogen (secondary N) is 3. The number of fused-ring (bicyclic) bond motifs is 3. The molecular weight excluding hydrogens is 498 g/mol. The maximum Gasteiger partial charge on any atom is 0.426 e. The molecule has 0 bridgehead atoms. The van der Waals surface area contributed by atoms with Gasteiger partial charge in [-0.15, -0.1) is 0 Å². The summed E-state index contributed by atoms with van der Waals surface area (Å²) < 4.78 is 10.5. The molecule has 4 rings (SSSR count). The van der Waals surface area contributed by atoms with E-state index in [1.807, 2.05) is 54.6 Å². The van der Waals surface area contributed by atoms with Crippen molar-refractivity contribution < 1.29 is 28.7 Å². The molecular formula is C30H31N3O6. The van der Waals surface area contributed by atoms with Crippen molar-refractivity contribution in [3.8, 4) is 11.1 Å². The molecule has 3 amide bonds. The fourth-order valence-corrected chi connectivity index (χ4v) is 4.43. The number of hydrogen-bond donors (Lipinski definition) is 3. The Kier molecular flexibility index (Phi) is 8.29. The van der Waals surface area contributed by atoms with Gasteiger partial charge in [0.2, 0.25) is 0 Å². The number of benzene rings is 3. The predicted molar refractivity (Wildman–Crippen MR) is 144 cm³/mol. The summed E-state index contributed by atoms with van der Waals surface area (Å²) in [5, 5.41) is 2.39. The van der Waals surface area contributed by atoms with E-state index in [0.29, 0.717) is 0 Å². The first-order valence-corrected chi connectivity index (χ1v) is 12.6. The zero-order valence-electron chi connectivity index (χ0n) is 22.0. The van der Waals surface area contributed by atoms with Crippen LogP contribution in [-0.2, 0) is 30.3 Å². The molecule has 9 heteroatoms. The summed E-state index contributed by atoms with van der Waals surface area (Å²) in [7, 11) is 0. The molecule has 0 saturated carbocycles. The Balaban J connectivity index is 1.36. The number of carbonyl (C=O) groups is 4. The number of amides is 3. The lowest BCUT2D eigenvalue weighted by Crippen LogP contribution is -2.54. The predicted octanol–water partition coefficient (Wildman–Crippen LogP) is 3.63. The van der Waals surface area contributed by atoms with Crippen LogP contribution in [0.5, 0.6) is 0 Å². The Morgan fingerprint density at radius 2 is 1.36 bits per heavy atom. The minimum absolute atomic E-state index is 0.0680. The monoisotopic (exact) mass is 529 g/mol. The quantitative estimate of drug-likeness (QED) is 0.255. The van der Waals surface area contributed by atoms with Crippen molar-refractivity contribution in [1.29, 1.82) is 0 Å². The molecule has 202 valence electrons. The van der Waals surface area contributed by atoms with E-state index in [2.05, 4.69) is 16.2 Å². The van der Waals surface area contributed by atoms with Gasteiger partial charge in [-0.05, 0) is 48.6 Å². The van der Waals surface area contributed by atoms with Crippen molar-refractivity contribution in [3.63, 3.8) is 0 Å². The molecule has 0 aromatic heterocycles. The number of carbonyl (C=O) groups excluding carboxylic acids is 4. The molecule has 3 aromatic carbocycles. The highest BCUT2D eigenvalue weighted by Crippen LogP contribution is 2.44.